The Hall–Kier alpha value is -1.96. The number of rotatable bonds is 4. The van der Waals surface area contributed by atoms with E-state index in [2.05, 4.69) is 31.2 Å². The molecule has 0 aliphatic rings. The van der Waals surface area contributed by atoms with E-state index in [0.29, 0.717) is 15.6 Å². The summed E-state index contributed by atoms with van der Waals surface area (Å²) in [5.74, 6) is 1.30. The number of aromatic amines is 1. The van der Waals surface area contributed by atoms with Crippen molar-refractivity contribution in [2.45, 2.75) is 0 Å². The van der Waals surface area contributed by atoms with E-state index >= 15 is 0 Å². The quantitative estimate of drug-likeness (QED) is 0.479. The van der Waals surface area contributed by atoms with Gasteiger partial charge in [0.2, 0.25) is 4.77 Å². The first kappa shape index (κ1) is 16.9. The van der Waals surface area contributed by atoms with Gasteiger partial charge in [-0.05, 0) is 64.0 Å². The second-order valence-corrected chi connectivity index (χ2v) is 6.43. The summed E-state index contributed by atoms with van der Waals surface area (Å²) in [4.78, 5) is 0. The second kappa shape index (κ2) is 7.29. The van der Waals surface area contributed by atoms with E-state index in [4.69, 9.17) is 28.6 Å². The number of benzene rings is 2. The van der Waals surface area contributed by atoms with Gasteiger partial charge in [-0.3, -0.25) is 0 Å². The summed E-state index contributed by atoms with van der Waals surface area (Å²) in [5.41, 5.74) is 1.63. The number of hydrogen-bond donors (Lipinski definition) is 1. The molecule has 0 radical (unpaired) electrons. The number of H-pyrrole nitrogens is 1. The summed E-state index contributed by atoms with van der Waals surface area (Å²) < 4.78 is 7.98. The molecule has 3 rings (SSSR count). The molecule has 0 saturated carbocycles. The van der Waals surface area contributed by atoms with Crippen LogP contribution in [-0.4, -0.2) is 28.2 Å². The Morgan fingerprint density at radius 1 is 1.33 bits per heavy atom. The van der Waals surface area contributed by atoms with E-state index in [0.717, 1.165) is 21.3 Å². The monoisotopic (exact) mass is 422 g/mol. The first-order chi connectivity index (χ1) is 11.6. The van der Waals surface area contributed by atoms with Gasteiger partial charge in [-0.2, -0.15) is 14.9 Å². The fourth-order valence-corrected chi connectivity index (χ4v) is 3.06. The van der Waals surface area contributed by atoms with Crippen LogP contribution in [-0.2, 0) is 0 Å². The minimum atomic E-state index is 0.383. The summed E-state index contributed by atoms with van der Waals surface area (Å²) in [5, 5.41) is 12.0. The zero-order valence-electron chi connectivity index (χ0n) is 12.5. The van der Waals surface area contributed by atoms with E-state index in [1.165, 1.54) is 4.68 Å². The SMILES string of the molecule is COc1ccc(C=Nn2c(-c3ccccc3Cl)n[nH]c2=S)cc1Br. The summed E-state index contributed by atoms with van der Waals surface area (Å²) >= 11 is 14.9. The third kappa shape index (κ3) is 3.43. The van der Waals surface area contributed by atoms with E-state index in [1.807, 2.05) is 36.4 Å². The predicted molar refractivity (Wildman–Crippen MR) is 102 cm³/mol. The van der Waals surface area contributed by atoms with Crippen molar-refractivity contribution in [1.82, 2.24) is 14.9 Å². The van der Waals surface area contributed by atoms with E-state index < -0.39 is 0 Å². The van der Waals surface area contributed by atoms with Crippen molar-refractivity contribution >= 4 is 46.0 Å². The molecule has 3 aromatic rings. The van der Waals surface area contributed by atoms with Gasteiger partial charge >= 0.3 is 0 Å². The molecule has 0 amide bonds. The molecule has 1 aromatic heterocycles. The lowest BCUT2D eigenvalue weighted by Crippen LogP contribution is -1.96. The molecule has 8 heteroatoms. The molecule has 5 nitrogen and oxygen atoms in total. The molecular formula is C16H12BrClN4OS. The highest BCUT2D eigenvalue weighted by Gasteiger charge is 2.11. The van der Waals surface area contributed by atoms with Crippen LogP contribution >= 0.6 is 39.7 Å². The van der Waals surface area contributed by atoms with E-state index in [9.17, 15) is 0 Å². The lowest BCUT2D eigenvalue weighted by atomic mass is 10.2. The van der Waals surface area contributed by atoms with Gasteiger partial charge in [-0.1, -0.05) is 23.7 Å². The largest absolute Gasteiger partial charge is 0.496 e. The average molecular weight is 424 g/mol. The zero-order chi connectivity index (χ0) is 17.1. The van der Waals surface area contributed by atoms with Crippen molar-refractivity contribution in [3.05, 3.63) is 62.3 Å². The molecule has 0 unspecified atom stereocenters. The van der Waals surface area contributed by atoms with Crippen LogP contribution in [0.2, 0.25) is 5.02 Å². The van der Waals surface area contributed by atoms with Gasteiger partial charge in [0.1, 0.15) is 5.75 Å². The Bertz CT molecular complexity index is 967. The van der Waals surface area contributed by atoms with Crippen molar-refractivity contribution in [3.63, 3.8) is 0 Å². The standard InChI is InChI=1S/C16H12BrClN4OS/c1-23-14-7-6-10(8-12(14)17)9-19-22-15(20-21-16(22)24)11-4-2-3-5-13(11)18/h2-9H,1H3,(H,21,24). The minimum Gasteiger partial charge on any atom is -0.496 e. The van der Waals surface area contributed by atoms with Gasteiger partial charge in [0.25, 0.3) is 0 Å². The number of ether oxygens (including phenoxy) is 1. The maximum absolute atomic E-state index is 6.24. The highest BCUT2D eigenvalue weighted by molar-refractivity contribution is 9.10. The molecule has 0 aliphatic carbocycles. The Kier molecular flexibility index (Phi) is 5.13. The Labute approximate surface area is 157 Å². The summed E-state index contributed by atoms with van der Waals surface area (Å²) in [6.07, 6.45) is 1.69. The van der Waals surface area contributed by atoms with Gasteiger partial charge in [0, 0.05) is 5.56 Å². The number of nitrogens with one attached hydrogen (secondary N) is 1. The van der Waals surface area contributed by atoms with Gasteiger partial charge in [0.05, 0.1) is 22.8 Å². The Morgan fingerprint density at radius 3 is 2.83 bits per heavy atom. The number of aromatic nitrogens is 3. The van der Waals surface area contributed by atoms with E-state index in [1.54, 1.807) is 19.4 Å². The second-order valence-electron chi connectivity index (χ2n) is 4.78. The molecule has 1 heterocycles. The van der Waals surface area contributed by atoms with Crippen molar-refractivity contribution in [2.75, 3.05) is 7.11 Å². The Balaban J connectivity index is 1.99. The van der Waals surface area contributed by atoms with Crippen LogP contribution in [0.3, 0.4) is 0 Å². The zero-order valence-corrected chi connectivity index (χ0v) is 15.7. The fourth-order valence-electron chi connectivity index (χ4n) is 2.10. The first-order valence-corrected chi connectivity index (χ1v) is 8.48. The highest BCUT2D eigenvalue weighted by Crippen LogP contribution is 2.27. The van der Waals surface area contributed by atoms with Crippen LogP contribution in [0, 0.1) is 4.77 Å². The average Bonchev–Trinajstić information content (AvgIpc) is 2.94. The van der Waals surface area contributed by atoms with Gasteiger partial charge < -0.3 is 4.74 Å². The molecule has 0 saturated heterocycles. The van der Waals surface area contributed by atoms with Crippen molar-refractivity contribution in [3.8, 4) is 17.1 Å². The van der Waals surface area contributed by atoms with Gasteiger partial charge in [0.15, 0.2) is 5.82 Å². The molecule has 0 spiro atoms. The third-order valence-electron chi connectivity index (χ3n) is 3.26. The number of hydrogen-bond acceptors (Lipinski definition) is 4. The summed E-state index contributed by atoms with van der Waals surface area (Å²) in [6.45, 7) is 0. The Morgan fingerprint density at radius 2 is 2.12 bits per heavy atom. The van der Waals surface area contributed by atoms with Crippen molar-refractivity contribution in [2.24, 2.45) is 5.10 Å². The highest BCUT2D eigenvalue weighted by atomic mass is 79.9. The lowest BCUT2D eigenvalue weighted by Gasteiger charge is -2.04. The number of halogens is 2. The van der Waals surface area contributed by atoms with Crippen LogP contribution in [0.5, 0.6) is 5.75 Å². The molecule has 0 bridgehead atoms. The predicted octanol–water partition coefficient (Wildman–Crippen LogP) is 4.91. The van der Waals surface area contributed by atoms with Gasteiger partial charge in [-0.25, -0.2) is 5.10 Å². The maximum atomic E-state index is 6.24. The third-order valence-corrected chi connectivity index (χ3v) is 4.48. The van der Waals surface area contributed by atoms with Crippen LogP contribution in [0.4, 0.5) is 0 Å². The smallest absolute Gasteiger partial charge is 0.216 e. The number of nitrogens with zero attached hydrogens (tertiary/aromatic N) is 3. The van der Waals surface area contributed by atoms with Crippen molar-refractivity contribution in [1.29, 1.82) is 0 Å². The van der Waals surface area contributed by atoms with Crippen LogP contribution in [0.15, 0.2) is 52.0 Å². The molecular weight excluding hydrogens is 412 g/mol. The molecule has 122 valence electrons. The first-order valence-electron chi connectivity index (χ1n) is 6.90. The molecule has 24 heavy (non-hydrogen) atoms. The molecule has 2 aromatic carbocycles. The van der Waals surface area contributed by atoms with Crippen molar-refractivity contribution < 1.29 is 4.74 Å². The maximum Gasteiger partial charge on any atom is 0.216 e. The fraction of sp³-hybridized carbons (Fsp3) is 0.0625. The van der Waals surface area contributed by atoms with Gasteiger partial charge in [-0.15, -0.1) is 0 Å². The summed E-state index contributed by atoms with van der Waals surface area (Å²) in [7, 11) is 1.62. The summed E-state index contributed by atoms with van der Waals surface area (Å²) in [6, 6.07) is 13.1. The minimum absolute atomic E-state index is 0.383. The van der Waals surface area contributed by atoms with Crippen LogP contribution in [0.25, 0.3) is 11.4 Å². The van der Waals surface area contributed by atoms with Crippen LogP contribution in [0.1, 0.15) is 5.56 Å². The topological polar surface area (TPSA) is 55.2 Å². The van der Waals surface area contributed by atoms with Crippen LogP contribution < -0.4 is 4.74 Å². The van der Waals surface area contributed by atoms with E-state index in [-0.39, 0.29) is 0 Å². The molecule has 0 atom stereocenters. The molecule has 1 N–H and O–H groups in total. The lowest BCUT2D eigenvalue weighted by molar-refractivity contribution is 0.412. The number of methoxy groups -OCH3 is 1. The normalized spacial score (nSPS) is 11.1. The molecule has 0 fully saturated rings. The molecule has 0 aliphatic heterocycles.